The normalized spacial score (nSPS) is 41.7. The number of nitrogens with two attached hydrogens (primary N) is 1. The molecule has 0 heterocycles. The van der Waals surface area contributed by atoms with Crippen molar-refractivity contribution >= 4 is 0 Å². The molecule has 1 nitrogen and oxygen atoms in total. The molecular formula is C7H13F2N. The van der Waals surface area contributed by atoms with Gasteiger partial charge in [-0.2, -0.15) is 0 Å². The first kappa shape index (κ1) is 7.92. The number of rotatable bonds is 1. The van der Waals surface area contributed by atoms with Crippen LogP contribution in [0.5, 0.6) is 0 Å². The molecule has 2 atom stereocenters. The summed E-state index contributed by atoms with van der Waals surface area (Å²) >= 11 is 0. The van der Waals surface area contributed by atoms with Crippen LogP contribution in [-0.4, -0.2) is 18.9 Å². The number of halogens is 2. The van der Waals surface area contributed by atoms with E-state index in [0.29, 0.717) is 19.4 Å². The van der Waals surface area contributed by atoms with Gasteiger partial charge >= 0.3 is 0 Å². The van der Waals surface area contributed by atoms with Gasteiger partial charge in [0, 0.05) is 6.42 Å². The van der Waals surface area contributed by atoms with E-state index in [2.05, 4.69) is 0 Å². The molecule has 1 aliphatic rings. The molecule has 60 valence electrons. The van der Waals surface area contributed by atoms with Crippen molar-refractivity contribution in [3.8, 4) is 0 Å². The average molecular weight is 149 g/mol. The quantitative estimate of drug-likeness (QED) is 0.599. The molecule has 1 fully saturated rings. The Morgan fingerprint density at radius 3 is 2.00 bits per heavy atom. The van der Waals surface area contributed by atoms with Crippen LogP contribution < -0.4 is 5.73 Å². The van der Waals surface area contributed by atoms with E-state index >= 15 is 0 Å². The summed E-state index contributed by atoms with van der Waals surface area (Å²) in [6.45, 7) is 0.418. The van der Waals surface area contributed by atoms with Crippen LogP contribution in [0.3, 0.4) is 0 Å². The highest BCUT2D eigenvalue weighted by Gasteiger charge is 2.27. The lowest BCUT2D eigenvalue weighted by atomic mass is 9.87. The van der Waals surface area contributed by atoms with E-state index in [1.165, 1.54) is 0 Å². The summed E-state index contributed by atoms with van der Waals surface area (Å²) in [5.41, 5.74) is 5.29. The third-order valence-electron chi connectivity index (χ3n) is 2.02. The van der Waals surface area contributed by atoms with E-state index in [1.54, 1.807) is 0 Å². The zero-order valence-corrected chi connectivity index (χ0v) is 5.89. The Balaban J connectivity index is 2.35. The molecule has 0 aromatic heterocycles. The molecule has 0 aliphatic heterocycles. The standard InChI is InChI=1S/C7H13F2N/c8-6-1-5(4-10)2-7(9)3-6/h5-7H,1-4,10H2. The van der Waals surface area contributed by atoms with Gasteiger partial charge in [0.25, 0.3) is 0 Å². The predicted octanol–water partition coefficient (Wildman–Crippen LogP) is 1.42. The molecule has 0 aromatic rings. The van der Waals surface area contributed by atoms with E-state index < -0.39 is 12.3 Å². The van der Waals surface area contributed by atoms with Gasteiger partial charge in [0.15, 0.2) is 0 Å². The maximum absolute atomic E-state index is 12.6. The van der Waals surface area contributed by atoms with Crippen molar-refractivity contribution in [2.24, 2.45) is 11.7 Å². The van der Waals surface area contributed by atoms with Gasteiger partial charge in [0.1, 0.15) is 12.3 Å². The molecule has 0 radical (unpaired) electrons. The van der Waals surface area contributed by atoms with Crippen LogP contribution in [0.4, 0.5) is 8.78 Å². The van der Waals surface area contributed by atoms with E-state index in [9.17, 15) is 8.78 Å². The largest absolute Gasteiger partial charge is 0.330 e. The van der Waals surface area contributed by atoms with Crippen LogP contribution in [0.25, 0.3) is 0 Å². The zero-order valence-electron chi connectivity index (χ0n) is 5.89. The highest BCUT2D eigenvalue weighted by atomic mass is 19.1. The van der Waals surface area contributed by atoms with Gasteiger partial charge in [-0.1, -0.05) is 0 Å². The smallest absolute Gasteiger partial charge is 0.103 e. The summed E-state index contributed by atoms with van der Waals surface area (Å²) < 4.78 is 25.2. The van der Waals surface area contributed by atoms with Gasteiger partial charge in [-0.25, -0.2) is 8.78 Å². The van der Waals surface area contributed by atoms with Crippen molar-refractivity contribution in [3.05, 3.63) is 0 Å². The fraction of sp³-hybridized carbons (Fsp3) is 1.00. The minimum atomic E-state index is -0.961. The Bertz CT molecular complexity index is 97.8. The number of hydrogen-bond acceptors (Lipinski definition) is 1. The van der Waals surface area contributed by atoms with Crippen molar-refractivity contribution in [2.75, 3.05) is 6.54 Å². The monoisotopic (exact) mass is 149 g/mol. The summed E-state index contributed by atoms with van der Waals surface area (Å²) in [7, 11) is 0. The lowest BCUT2D eigenvalue weighted by Gasteiger charge is -2.25. The Morgan fingerprint density at radius 1 is 1.10 bits per heavy atom. The van der Waals surface area contributed by atoms with Gasteiger partial charge in [-0.05, 0) is 25.3 Å². The summed E-state index contributed by atoms with van der Waals surface area (Å²) in [6, 6.07) is 0. The molecular weight excluding hydrogens is 136 g/mol. The molecule has 2 unspecified atom stereocenters. The lowest BCUT2D eigenvalue weighted by Crippen LogP contribution is -2.29. The van der Waals surface area contributed by atoms with E-state index in [-0.39, 0.29) is 12.3 Å². The summed E-state index contributed by atoms with van der Waals surface area (Å²) in [5.74, 6) is 0.0683. The third kappa shape index (κ3) is 1.90. The Labute approximate surface area is 59.6 Å². The molecule has 1 rings (SSSR count). The first-order valence-electron chi connectivity index (χ1n) is 3.70. The van der Waals surface area contributed by atoms with Gasteiger partial charge < -0.3 is 5.73 Å². The topological polar surface area (TPSA) is 26.0 Å². The number of alkyl halides is 2. The van der Waals surface area contributed by atoms with Crippen molar-refractivity contribution in [3.63, 3.8) is 0 Å². The SMILES string of the molecule is NCC1CC(F)CC(F)C1. The minimum absolute atomic E-state index is 0.0683. The van der Waals surface area contributed by atoms with Crippen LogP contribution in [0.15, 0.2) is 0 Å². The Hall–Kier alpha value is -0.180. The zero-order chi connectivity index (χ0) is 7.56. The molecule has 1 aliphatic carbocycles. The van der Waals surface area contributed by atoms with Crippen LogP contribution in [0, 0.1) is 5.92 Å². The highest BCUT2D eigenvalue weighted by Crippen LogP contribution is 2.27. The predicted molar refractivity (Wildman–Crippen MR) is 36.2 cm³/mol. The van der Waals surface area contributed by atoms with Crippen LogP contribution in [-0.2, 0) is 0 Å². The van der Waals surface area contributed by atoms with Crippen LogP contribution >= 0.6 is 0 Å². The second-order valence-corrected chi connectivity index (χ2v) is 3.00. The molecule has 0 saturated heterocycles. The van der Waals surface area contributed by atoms with E-state index in [1.807, 2.05) is 0 Å². The summed E-state index contributed by atoms with van der Waals surface area (Å²) in [4.78, 5) is 0. The first-order valence-corrected chi connectivity index (χ1v) is 3.70. The molecule has 0 amide bonds. The molecule has 10 heavy (non-hydrogen) atoms. The Morgan fingerprint density at radius 2 is 1.60 bits per heavy atom. The molecule has 2 N–H and O–H groups in total. The molecule has 1 saturated carbocycles. The van der Waals surface area contributed by atoms with Gasteiger partial charge in [-0.3, -0.25) is 0 Å². The third-order valence-corrected chi connectivity index (χ3v) is 2.02. The van der Waals surface area contributed by atoms with Crippen molar-refractivity contribution in [1.82, 2.24) is 0 Å². The second kappa shape index (κ2) is 3.28. The van der Waals surface area contributed by atoms with Gasteiger partial charge in [0.05, 0.1) is 0 Å². The lowest BCUT2D eigenvalue weighted by molar-refractivity contribution is 0.119. The average Bonchev–Trinajstić information content (AvgIpc) is 1.85. The molecule has 0 bridgehead atoms. The maximum Gasteiger partial charge on any atom is 0.103 e. The highest BCUT2D eigenvalue weighted by molar-refractivity contribution is 4.78. The van der Waals surface area contributed by atoms with Gasteiger partial charge in [-0.15, -0.1) is 0 Å². The molecule has 0 aromatic carbocycles. The summed E-state index contributed by atoms with van der Waals surface area (Å²) in [6.07, 6.45) is -0.931. The van der Waals surface area contributed by atoms with Crippen molar-refractivity contribution in [1.29, 1.82) is 0 Å². The van der Waals surface area contributed by atoms with E-state index in [4.69, 9.17) is 5.73 Å². The van der Waals surface area contributed by atoms with Gasteiger partial charge in [0.2, 0.25) is 0 Å². The Kier molecular flexibility index (Phi) is 2.60. The summed E-state index contributed by atoms with van der Waals surface area (Å²) in [5, 5.41) is 0. The van der Waals surface area contributed by atoms with Crippen LogP contribution in [0.1, 0.15) is 19.3 Å². The fourth-order valence-electron chi connectivity index (χ4n) is 1.48. The minimum Gasteiger partial charge on any atom is -0.330 e. The number of hydrogen-bond donors (Lipinski definition) is 1. The molecule has 0 spiro atoms. The molecule has 3 heteroatoms. The van der Waals surface area contributed by atoms with Crippen molar-refractivity contribution < 1.29 is 8.78 Å². The van der Waals surface area contributed by atoms with Crippen LogP contribution in [0.2, 0.25) is 0 Å². The van der Waals surface area contributed by atoms with E-state index in [0.717, 1.165) is 0 Å². The second-order valence-electron chi connectivity index (χ2n) is 3.00. The maximum atomic E-state index is 12.6. The first-order chi connectivity index (χ1) is 4.72. The fourth-order valence-corrected chi connectivity index (χ4v) is 1.48. The van der Waals surface area contributed by atoms with Crippen molar-refractivity contribution in [2.45, 2.75) is 31.6 Å².